The van der Waals surface area contributed by atoms with Crippen LogP contribution in [0.2, 0.25) is 0 Å². The van der Waals surface area contributed by atoms with Gasteiger partial charge in [0, 0.05) is 60.0 Å². The average molecular weight is 739 g/mol. The highest BCUT2D eigenvalue weighted by Crippen LogP contribution is 2.47. The van der Waals surface area contributed by atoms with E-state index >= 15 is 0 Å². The normalized spacial score (nSPS) is 14.2. The van der Waals surface area contributed by atoms with Crippen LogP contribution in [0.25, 0.3) is 10.8 Å². The van der Waals surface area contributed by atoms with Crippen LogP contribution in [-0.2, 0) is 9.53 Å². The molecule has 0 fully saturated rings. The second kappa shape index (κ2) is 14.1. The Morgan fingerprint density at radius 2 is 1.12 bits per heavy atom. The molecule has 0 saturated heterocycles. The molecule has 0 radical (unpaired) electrons. The van der Waals surface area contributed by atoms with E-state index in [0.717, 1.165) is 19.6 Å². The maximum absolute atomic E-state index is 14.4. The standard InChI is InChI=1S/C39H38N4O7S2/c1-38(2,3)36(48)41-21-43-33(45)25-20-26(51-22-13-9-7-10-14-22)30-28-24(32(44)42(34(30)46)18-17-40-37(49)50-39(4,5)6)19-27(31(29(25)28)35(43)47)52-23-15-11-8-12-16-23/h7-16,19-20H,17-18,21H2,1-6H3,(H,40,49)(H,41,48). The van der Waals surface area contributed by atoms with Gasteiger partial charge in [-0.1, -0.05) is 80.7 Å². The molecule has 268 valence electrons. The highest BCUT2D eigenvalue weighted by Gasteiger charge is 2.43. The van der Waals surface area contributed by atoms with Crippen molar-refractivity contribution in [3.63, 3.8) is 0 Å². The summed E-state index contributed by atoms with van der Waals surface area (Å²) in [5, 5.41) is 5.77. The van der Waals surface area contributed by atoms with Crippen molar-refractivity contribution < 1.29 is 33.5 Å². The summed E-state index contributed by atoms with van der Waals surface area (Å²) >= 11 is 2.50. The van der Waals surface area contributed by atoms with Crippen molar-refractivity contribution in [2.24, 2.45) is 5.41 Å². The summed E-state index contributed by atoms with van der Waals surface area (Å²) in [6, 6.07) is 21.7. The maximum atomic E-state index is 14.4. The number of hydrogen-bond acceptors (Lipinski definition) is 9. The minimum absolute atomic E-state index is 0.0694. The summed E-state index contributed by atoms with van der Waals surface area (Å²) in [6.45, 7) is 9.78. The zero-order chi connectivity index (χ0) is 37.5. The minimum Gasteiger partial charge on any atom is -0.444 e. The van der Waals surface area contributed by atoms with E-state index in [4.69, 9.17) is 4.74 Å². The number of alkyl carbamates (subject to hydrolysis) is 1. The van der Waals surface area contributed by atoms with E-state index in [1.807, 2.05) is 60.7 Å². The van der Waals surface area contributed by atoms with Gasteiger partial charge in [0.15, 0.2) is 0 Å². The molecule has 0 bridgehead atoms. The smallest absolute Gasteiger partial charge is 0.407 e. The Hall–Kier alpha value is -5.14. The third kappa shape index (κ3) is 7.28. The highest BCUT2D eigenvalue weighted by atomic mass is 32.2. The van der Waals surface area contributed by atoms with Gasteiger partial charge in [0.1, 0.15) is 12.3 Å². The molecule has 6 amide bonds. The number of carbonyl (C=O) groups excluding carboxylic acids is 6. The molecular weight excluding hydrogens is 701 g/mol. The number of nitrogens with zero attached hydrogens (tertiary/aromatic N) is 2. The van der Waals surface area contributed by atoms with E-state index in [9.17, 15) is 28.8 Å². The molecule has 2 N–H and O–H groups in total. The van der Waals surface area contributed by atoms with Crippen molar-refractivity contribution in [3.05, 3.63) is 95.1 Å². The van der Waals surface area contributed by atoms with Gasteiger partial charge in [-0.05, 0) is 57.2 Å². The quantitative estimate of drug-likeness (QED) is 0.174. The molecule has 0 atom stereocenters. The molecule has 6 rings (SSSR count). The first-order chi connectivity index (χ1) is 24.5. The van der Waals surface area contributed by atoms with Crippen LogP contribution in [0.3, 0.4) is 0 Å². The second-order valence-electron chi connectivity index (χ2n) is 14.3. The lowest BCUT2D eigenvalue weighted by Gasteiger charge is -2.34. The van der Waals surface area contributed by atoms with Crippen LogP contribution < -0.4 is 10.6 Å². The van der Waals surface area contributed by atoms with Crippen molar-refractivity contribution >= 4 is 69.9 Å². The minimum atomic E-state index is -0.774. The molecule has 11 nitrogen and oxygen atoms in total. The lowest BCUT2D eigenvalue weighted by Crippen LogP contribution is -2.50. The van der Waals surface area contributed by atoms with Crippen molar-refractivity contribution in [2.45, 2.75) is 66.7 Å². The summed E-state index contributed by atoms with van der Waals surface area (Å²) in [5.41, 5.74) is -0.902. The van der Waals surface area contributed by atoms with Crippen molar-refractivity contribution in [2.75, 3.05) is 19.8 Å². The third-order valence-electron chi connectivity index (χ3n) is 8.23. The number of hydrogen-bond donors (Lipinski definition) is 2. The van der Waals surface area contributed by atoms with E-state index in [2.05, 4.69) is 10.6 Å². The molecule has 2 aliphatic heterocycles. The van der Waals surface area contributed by atoms with Gasteiger partial charge >= 0.3 is 6.09 Å². The topological polar surface area (TPSA) is 142 Å². The average Bonchev–Trinajstić information content (AvgIpc) is 3.07. The van der Waals surface area contributed by atoms with Gasteiger partial charge in [0.05, 0.1) is 11.1 Å². The molecule has 4 aromatic rings. The first-order valence-electron chi connectivity index (χ1n) is 16.7. The molecule has 2 aliphatic rings. The summed E-state index contributed by atoms with van der Waals surface area (Å²) in [4.78, 5) is 87.2. The largest absolute Gasteiger partial charge is 0.444 e. The fourth-order valence-electron chi connectivity index (χ4n) is 5.83. The van der Waals surface area contributed by atoms with E-state index in [1.165, 1.54) is 23.5 Å². The molecule has 0 aliphatic carbocycles. The van der Waals surface area contributed by atoms with Crippen molar-refractivity contribution in [1.29, 1.82) is 0 Å². The monoisotopic (exact) mass is 738 g/mol. The Morgan fingerprint density at radius 3 is 1.58 bits per heavy atom. The molecule has 4 aromatic carbocycles. The van der Waals surface area contributed by atoms with Gasteiger partial charge in [0.2, 0.25) is 5.91 Å². The predicted octanol–water partition coefficient (Wildman–Crippen LogP) is 6.98. The summed E-state index contributed by atoms with van der Waals surface area (Å²) < 4.78 is 5.33. The van der Waals surface area contributed by atoms with Crippen molar-refractivity contribution in [1.82, 2.24) is 20.4 Å². The lowest BCUT2D eigenvalue weighted by molar-refractivity contribution is -0.128. The number of ether oxygens (including phenoxy) is 1. The van der Waals surface area contributed by atoms with Crippen LogP contribution in [0.1, 0.15) is 83.0 Å². The van der Waals surface area contributed by atoms with Crippen LogP contribution in [0, 0.1) is 5.41 Å². The number of rotatable bonds is 9. The van der Waals surface area contributed by atoms with Gasteiger partial charge in [-0.2, -0.15) is 0 Å². The van der Waals surface area contributed by atoms with Crippen LogP contribution in [0.5, 0.6) is 0 Å². The van der Waals surface area contributed by atoms with Gasteiger partial charge in [0.25, 0.3) is 23.6 Å². The zero-order valence-corrected chi connectivity index (χ0v) is 31.3. The Labute approximate surface area is 309 Å². The van der Waals surface area contributed by atoms with E-state index in [-0.39, 0.29) is 58.7 Å². The second-order valence-corrected chi connectivity index (χ2v) is 16.5. The van der Waals surface area contributed by atoms with E-state index in [0.29, 0.717) is 9.79 Å². The van der Waals surface area contributed by atoms with Crippen molar-refractivity contribution in [3.8, 4) is 0 Å². The van der Waals surface area contributed by atoms with Gasteiger partial charge < -0.3 is 15.4 Å². The Balaban J connectivity index is 1.53. The number of carbonyl (C=O) groups is 6. The molecular formula is C39H38N4O7S2. The van der Waals surface area contributed by atoms with Gasteiger partial charge in [-0.25, -0.2) is 4.79 Å². The molecule has 0 saturated carbocycles. The lowest BCUT2D eigenvalue weighted by atomic mass is 9.85. The molecule has 0 spiro atoms. The SMILES string of the molecule is CC(C)(C)OC(=O)NCCN1C(=O)c2cc(Sc3ccccc3)c3c4c(cc(Sc5ccccc5)c(c24)C1=O)C(=O)N(CNC(=O)C(C)(C)C)C3=O. The van der Waals surface area contributed by atoms with Crippen LogP contribution in [-0.4, -0.2) is 70.8 Å². The van der Waals surface area contributed by atoms with E-state index in [1.54, 1.807) is 53.7 Å². The first-order valence-corrected chi connectivity index (χ1v) is 18.3. The Morgan fingerprint density at radius 1 is 0.654 bits per heavy atom. The van der Waals surface area contributed by atoms with Gasteiger partial charge in [-0.3, -0.25) is 33.8 Å². The fourth-order valence-corrected chi connectivity index (χ4v) is 7.86. The number of benzene rings is 4. The molecule has 52 heavy (non-hydrogen) atoms. The highest BCUT2D eigenvalue weighted by molar-refractivity contribution is 7.99. The molecule has 0 aromatic heterocycles. The number of nitrogens with one attached hydrogen (secondary N) is 2. The van der Waals surface area contributed by atoms with Crippen LogP contribution in [0.15, 0.2) is 92.4 Å². The number of imide groups is 2. The molecule has 2 heterocycles. The molecule has 13 heteroatoms. The fraction of sp³-hybridized carbons (Fsp3) is 0.282. The van der Waals surface area contributed by atoms with Crippen LogP contribution >= 0.6 is 23.5 Å². The van der Waals surface area contributed by atoms with E-state index < -0.39 is 40.7 Å². The molecule has 0 unspecified atom stereocenters. The Kier molecular flexibility index (Phi) is 9.95. The van der Waals surface area contributed by atoms with Crippen LogP contribution in [0.4, 0.5) is 4.79 Å². The predicted molar refractivity (Wildman–Crippen MR) is 198 cm³/mol. The summed E-state index contributed by atoms with van der Waals surface area (Å²) in [7, 11) is 0. The Bertz CT molecular complexity index is 2140. The maximum Gasteiger partial charge on any atom is 0.407 e. The number of amides is 6. The first kappa shape index (κ1) is 36.6. The zero-order valence-electron chi connectivity index (χ0n) is 29.6. The summed E-state index contributed by atoms with van der Waals surface area (Å²) in [5.74, 6) is -2.92. The van der Waals surface area contributed by atoms with Gasteiger partial charge in [-0.15, -0.1) is 0 Å². The third-order valence-corrected chi connectivity index (χ3v) is 10.3. The summed E-state index contributed by atoms with van der Waals surface area (Å²) in [6.07, 6.45) is -0.689.